The zero-order valence-electron chi connectivity index (χ0n) is 17.2. The molecule has 3 aromatic heterocycles. The van der Waals surface area contributed by atoms with E-state index in [1.54, 1.807) is 10.7 Å². The molecule has 3 aromatic rings. The van der Waals surface area contributed by atoms with Crippen molar-refractivity contribution in [2.75, 3.05) is 25.5 Å². The van der Waals surface area contributed by atoms with Crippen LogP contribution in [0.4, 0.5) is 16.0 Å². The van der Waals surface area contributed by atoms with Gasteiger partial charge in [-0.1, -0.05) is 0 Å². The first-order valence-electron chi connectivity index (χ1n) is 9.84. The summed E-state index contributed by atoms with van der Waals surface area (Å²) in [6.07, 6.45) is 3.42. The number of pyridine rings is 1. The number of piperidine rings is 1. The molecule has 1 aliphatic rings. The molecule has 7 nitrogen and oxygen atoms in total. The summed E-state index contributed by atoms with van der Waals surface area (Å²) in [5, 5.41) is 7.66. The van der Waals surface area contributed by atoms with Crippen molar-refractivity contribution >= 4 is 22.9 Å². The molecule has 0 spiro atoms. The largest absolute Gasteiger partial charge is 0.347 e. The summed E-state index contributed by atoms with van der Waals surface area (Å²) >= 11 is 0. The molecular weight excluding hydrogens is 369 g/mol. The average molecular weight is 395 g/mol. The van der Waals surface area contributed by atoms with Crippen molar-refractivity contribution in [1.82, 2.24) is 24.5 Å². The normalized spacial score (nSPS) is 20.0. The lowest BCUT2D eigenvalue weighted by molar-refractivity contribution is 0.149. The molecule has 4 heterocycles. The number of hydrogen-bond acceptors (Lipinski definition) is 6. The summed E-state index contributed by atoms with van der Waals surface area (Å²) in [6, 6.07) is 5.64. The molecule has 1 saturated heterocycles. The number of nitrogens with zero attached hydrogens (tertiary/aromatic N) is 6. The smallest absolute Gasteiger partial charge is 0.241 e. The zero-order valence-corrected chi connectivity index (χ0v) is 17.2. The summed E-state index contributed by atoms with van der Waals surface area (Å²) in [7, 11) is 1.94. The number of likely N-dealkylation sites (tertiary alicyclic amines) is 1. The van der Waals surface area contributed by atoms with Crippen LogP contribution in [-0.2, 0) is 0 Å². The second-order valence-electron chi connectivity index (χ2n) is 7.82. The highest BCUT2D eigenvalue weighted by molar-refractivity contribution is 5.83. The van der Waals surface area contributed by atoms with Crippen molar-refractivity contribution in [3.63, 3.8) is 0 Å². The van der Waals surface area contributed by atoms with E-state index in [4.69, 9.17) is 4.98 Å². The van der Waals surface area contributed by atoms with Gasteiger partial charge in [0.15, 0.2) is 0 Å². The minimum absolute atomic E-state index is 0.266. The Labute approximate surface area is 169 Å². The Morgan fingerprint density at radius 3 is 2.83 bits per heavy atom. The maximum atomic E-state index is 14.3. The number of fused-ring (bicyclic) bond motifs is 1. The van der Waals surface area contributed by atoms with Crippen LogP contribution in [0.15, 0.2) is 35.6 Å². The third-order valence-corrected chi connectivity index (χ3v) is 5.15. The number of nitrogens with one attached hydrogen (secondary N) is 1. The van der Waals surface area contributed by atoms with Gasteiger partial charge in [-0.2, -0.15) is 0 Å². The topological polar surface area (TPSA) is 70.7 Å². The van der Waals surface area contributed by atoms with Gasteiger partial charge in [0, 0.05) is 30.6 Å². The van der Waals surface area contributed by atoms with Crippen LogP contribution in [0, 0.1) is 6.92 Å². The monoisotopic (exact) mass is 395 g/mol. The fourth-order valence-electron chi connectivity index (χ4n) is 3.63. The van der Waals surface area contributed by atoms with Gasteiger partial charge in [0.1, 0.15) is 6.17 Å². The van der Waals surface area contributed by atoms with Gasteiger partial charge < -0.3 is 10.2 Å². The van der Waals surface area contributed by atoms with E-state index in [2.05, 4.69) is 20.4 Å². The molecule has 2 unspecified atom stereocenters. The molecule has 0 aromatic carbocycles. The Morgan fingerprint density at radius 1 is 1.28 bits per heavy atom. The van der Waals surface area contributed by atoms with Crippen molar-refractivity contribution in [1.29, 1.82) is 0 Å². The van der Waals surface area contributed by atoms with Gasteiger partial charge in [0.05, 0.1) is 34.8 Å². The Morgan fingerprint density at radius 2 is 2.10 bits per heavy atom. The van der Waals surface area contributed by atoms with Gasteiger partial charge in [-0.25, -0.2) is 13.9 Å². The molecule has 152 valence electrons. The Kier molecular flexibility index (Phi) is 5.27. The summed E-state index contributed by atoms with van der Waals surface area (Å²) in [6.45, 7) is 7.17. The lowest BCUT2D eigenvalue weighted by atomic mass is 10.0. The maximum Gasteiger partial charge on any atom is 0.241 e. The Balaban J connectivity index is 1.59. The lowest BCUT2D eigenvalue weighted by Crippen LogP contribution is -2.46. The van der Waals surface area contributed by atoms with Gasteiger partial charge in [0.25, 0.3) is 0 Å². The number of aromatic nitrogens is 4. The summed E-state index contributed by atoms with van der Waals surface area (Å²) in [5.74, 6) is 0.434. The lowest BCUT2D eigenvalue weighted by Gasteiger charge is -2.32. The fraction of sp³-hybridized carbons (Fsp3) is 0.429. The summed E-state index contributed by atoms with van der Waals surface area (Å²) in [5.41, 5.74) is 5.39. The van der Waals surface area contributed by atoms with Gasteiger partial charge in [-0.05, 0) is 52.4 Å². The second kappa shape index (κ2) is 7.87. The van der Waals surface area contributed by atoms with Crippen molar-refractivity contribution in [2.24, 2.45) is 4.99 Å². The van der Waals surface area contributed by atoms with E-state index in [9.17, 15) is 4.39 Å². The van der Waals surface area contributed by atoms with Gasteiger partial charge in [-0.3, -0.25) is 9.98 Å². The molecule has 1 fully saturated rings. The van der Waals surface area contributed by atoms with Crippen LogP contribution >= 0.6 is 0 Å². The molecule has 0 saturated carbocycles. The molecule has 0 aliphatic carbocycles. The molecule has 4 rings (SSSR count). The number of anilines is 1. The van der Waals surface area contributed by atoms with Crippen molar-refractivity contribution in [3.05, 3.63) is 36.3 Å². The number of aliphatic imine (C=N–C) groups is 1. The predicted molar refractivity (Wildman–Crippen MR) is 114 cm³/mol. The van der Waals surface area contributed by atoms with Crippen LogP contribution in [0.2, 0.25) is 0 Å². The van der Waals surface area contributed by atoms with Crippen molar-refractivity contribution < 1.29 is 4.39 Å². The number of alkyl halides is 1. The highest BCUT2D eigenvalue weighted by Crippen LogP contribution is 2.27. The predicted octanol–water partition coefficient (Wildman–Crippen LogP) is 3.67. The highest BCUT2D eigenvalue weighted by atomic mass is 19.1. The Hall–Kier alpha value is -2.87. The van der Waals surface area contributed by atoms with Crippen LogP contribution in [0.25, 0.3) is 16.8 Å². The number of rotatable bonds is 4. The summed E-state index contributed by atoms with van der Waals surface area (Å²) in [4.78, 5) is 15.6. The van der Waals surface area contributed by atoms with E-state index in [-0.39, 0.29) is 6.04 Å². The third kappa shape index (κ3) is 4.12. The molecule has 0 amide bonds. The van der Waals surface area contributed by atoms with Crippen LogP contribution in [-0.4, -0.2) is 62.5 Å². The SMILES string of the molecule is CC(C)=Nc1ccc(-c2ccn3nc(NC4CCN(C)CC4F)ncc23)nc1C. The van der Waals surface area contributed by atoms with Crippen LogP contribution in [0.3, 0.4) is 0 Å². The van der Waals surface area contributed by atoms with E-state index in [1.165, 1.54) is 0 Å². The molecule has 8 heteroatoms. The van der Waals surface area contributed by atoms with Crippen molar-refractivity contribution in [3.8, 4) is 11.3 Å². The molecule has 2 atom stereocenters. The second-order valence-corrected chi connectivity index (χ2v) is 7.82. The number of aryl methyl sites for hydroxylation is 1. The summed E-state index contributed by atoms with van der Waals surface area (Å²) < 4.78 is 16.0. The third-order valence-electron chi connectivity index (χ3n) is 5.15. The van der Waals surface area contributed by atoms with Crippen LogP contribution in [0.1, 0.15) is 26.0 Å². The van der Waals surface area contributed by atoms with Gasteiger partial charge in [0.2, 0.25) is 5.95 Å². The van der Waals surface area contributed by atoms with Crippen LogP contribution in [0.5, 0.6) is 0 Å². The number of hydrogen-bond donors (Lipinski definition) is 1. The Bertz CT molecular complexity index is 1050. The zero-order chi connectivity index (χ0) is 20.5. The van der Waals surface area contributed by atoms with E-state index in [1.807, 2.05) is 57.1 Å². The first-order valence-corrected chi connectivity index (χ1v) is 9.84. The molecule has 29 heavy (non-hydrogen) atoms. The molecule has 0 radical (unpaired) electrons. The minimum atomic E-state index is -0.937. The van der Waals surface area contributed by atoms with Gasteiger partial charge in [-0.15, -0.1) is 5.10 Å². The molecule has 0 bridgehead atoms. The molecule has 1 aliphatic heterocycles. The van der Waals surface area contributed by atoms with Gasteiger partial charge >= 0.3 is 0 Å². The van der Waals surface area contributed by atoms with E-state index in [0.717, 1.165) is 46.8 Å². The quantitative estimate of drug-likeness (QED) is 0.683. The highest BCUT2D eigenvalue weighted by Gasteiger charge is 2.28. The number of halogens is 1. The maximum absolute atomic E-state index is 14.3. The van der Waals surface area contributed by atoms with E-state index in [0.29, 0.717) is 12.5 Å². The molecular formula is C21H26FN7. The minimum Gasteiger partial charge on any atom is -0.347 e. The fourth-order valence-corrected chi connectivity index (χ4v) is 3.63. The first-order chi connectivity index (χ1) is 13.9. The average Bonchev–Trinajstić information content (AvgIpc) is 3.08. The van der Waals surface area contributed by atoms with E-state index < -0.39 is 6.17 Å². The van der Waals surface area contributed by atoms with E-state index >= 15 is 0 Å². The standard InChI is InChI=1S/C21H26FN7/c1-13(2)24-17-5-6-18(25-14(17)3)15-7-10-29-20(15)11-23-21(27-29)26-19-8-9-28(4)12-16(19)22/h5-7,10-11,16,19H,8-9,12H2,1-4H3,(H,26,27). The molecule has 1 N–H and O–H groups in total. The van der Waals surface area contributed by atoms with Crippen LogP contribution < -0.4 is 5.32 Å². The van der Waals surface area contributed by atoms with Crippen molar-refractivity contribution in [2.45, 2.75) is 39.4 Å². The first kappa shape index (κ1) is 19.4.